The van der Waals surface area contributed by atoms with Crippen molar-refractivity contribution in [2.45, 2.75) is 13.3 Å². The Morgan fingerprint density at radius 1 is 1.10 bits per heavy atom. The molecule has 0 saturated heterocycles. The highest BCUT2D eigenvalue weighted by Crippen LogP contribution is 2.28. The van der Waals surface area contributed by atoms with Crippen LogP contribution in [0.1, 0.15) is 29.3 Å². The van der Waals surface area contributed by atoms with Crippen molar-refractivity contribution in [2.75, 3.05) is 23.7 Å². The van der Waals surface area contributed by atoms with Crippen molar-refractivity contribution in [3.63, 3.8) is 0 Å². The van der Waals surface area contributed by atoms with Crippen molar-refractivity contribution in [2.24, 2.45) is 7.05 Å². The number of hydrogen-bond donors (Lipinski definition) is 1. The van der Waals surface area contributed by atoms with Gasteiger partial charge in [-0.25, -0.2) is 13.5 Å². The van der Waals surface area contributed by atoms with E-state index in [0.717, 1.165) is 43.3 Å². The van der Waals surface area contributed by atoms with Gasteiger partial charge in [-0.1, -0.05) is 28.9 Å². The van der Waals surface area contributed by atoms with E-state index in [1.807, 2.05) is 19.2 Å². The van der Waals surface area contributed by atoms with E-state index >= 15 is 0 Å². The van der Waals surface area contributed by atoms with Gasteiger partial charge in [0, 0.05) is 25.8 Å². The molecule has 0 atom stereocenters. The Balaban J connectivity index is 0.000000216. The Bertz CT molecular complexity index is 1040. The molecule has 1 aliphatic heterocycles. The molecule has 4 rings (SSSR count). The van der Waals surface area contributed by atoms with Gasteiger partial charge in [-0.2, -0.15) is 0 Å². The Morgan fingerprint density at radius 3 is 2.30 bits per heavy atom. The van der Waals surface area contributed by atoms with E-state index in [-0.39, 0.29) is 6.29 Å². The van der Waals surface area contributed by atoms with Crippen LogP contribution in [0.15, 0.2) is 48.0 Å². The van der Waals surface area contributed by atoms with Gasteiger partial charge in [0.2, 0.25) is 5.95 Å². The van der Waals surface area contributed by atoms with Crippen molar-refractivity contribution in [3.05, 3.63) is 70.8 Å². The monoisotopic (exact) mass is 412 g/mol. The van der Waals surface area contributed by atoms with Crippen LogP contribution in [0, 0.1) is 11.6 Å². The first-order valence-electron chi connectivity index (χ1n) is 9.31. The minimum atomic E-state index is -0.824. The number of halogens is 2. The first-order chi connectivity index (χ1) is 14.4. The van der Waals surface area contributed by atoms with E-state index in [0.29, 0.717) is 0 Å². The second-order valence-electron chi connectivity index (χ2n) is 6.91. The van der Waals surface area contributed by atoms with Gasteiger partial charge in [-0.3, -0.25) is 4.79 Å². The molecule has 0 unspecified atom stereocenters. The van der Waals surface area contributed by atoms with E-state index < -0.39 is 17.2 Å². The van der Waals surface area contributed by atoms with Gasteiger partial charge in [0.05, 0.1) is 5.56 Å². The Labute approximate surface area is 172 Å². The molecule has 0 spiro atoms. The fraction of sp³-hybridized carbons (Fsp3) is 0.238. The molecular formula is C21H22F2N6O. The first kappa shape index (κ1) is 21.1. The van der Waals surface area contributed by atoms with Crippen molar-refractivity contribution in [1.82, 2.24) is 20.2 Å². The number of benzene rings is 2. The van der Waals surface area contributed by atoms with E-state index in [2.05, 4.69) is 39.5 Å². The molecule has 0 aliphatic carbocycles. The molecule has 2 heterocycles. The number of aromatic nitrogens is 4. The van der Waals surface area contributed by atoms with Crippen molar-refractivity contribution >= 4 is 23.5 Å². The van der Waals surface area contributed by atoms with Crippen molar-refractivity contribution in [1.29, 1.82) is 0 Å². The summed E-state index contributed by atoms with van der Waals surface area (Å²) in [5.74, 6) is -0.838. The number of aldehydes is 1. The van der Waals surface area contributed by atoms with Crippen LogP contribution in [-0.2, 0) is 7.05 Å². The largest absolute Gasteiger partial charge is 0.399 e. The SMILES string of the molecule is CC1=C(c2ccc(N)cc2)CN(c2nnnn2C)CC1.O=Cc1c(F)cccc1F. The van der Waals surface area contributed by atoms with Gasteiger partial charge in [-0.05, 0) is 59.2 Å². The van der Waals surface area contributed by atoms with E-state index in [1.54, 1.807) is 4.68 Å². The van der Waals surface area contributed by atoms with Crippen LogP contribution in [0.4, 0.5) is 20.4 Å². The molecule has 0 saturated carbocycles. The van der Waals surface area contributed by atoms with Gasteiger partial charge < -0.3 is 10.6 Å². The average Bonchev–Trinajstić information content (AvgIpc) is 3.16. The molecule has 30 heavy (non-hydrogen) atoms. The minimum absolute atomic E-state index is 0.157. The summed E-state index contributed by atoms with van der Waals surface area (Å²) in [6.07, 6.45) is 1.18. The van der Waals surface area contributed by atoms with Crippen LogP contribution < -0.4 is 10.6 Å². The highest BCUT2D eigenvalue weighted by molar-refractivity contribution is 5.75. The maximum absolute atomic E-state index is 12.4. The smallest absolute Gasteiger partial charge is 0.245 e. The predicted molar refractivity (Wildman–Crippen MR) is 111 cm³/mol. The molecule has 0 bridgehead atoms. The minimum Gasteiger partial charge on any atom is -0.399 e. The lowest BCUT2D eigenvalue weighted by Gasteiger charge is -2.30. The third kappa shape index (κ3) is 4.68. The second-order valence-corrected chi connectivity index (χ2v) is 6.91. The number of carbonyl (C=O) groups excluding carboxylic acids is 1. The lowest BCUT2D eigenvalue weighted by Crippen LogP contribution is -2.33. The first-order valence-corrected chi connectivity index (χ1v) is 9.31. The van der Waals surface area contributed by atoms with Gasteiger partial charge in [0.25, 0.3) is 0 Å². The molecule has 2 N–H and O–H groups in total. The van der Waals surface area contributed by atoms with Crippen LogP contribution in [0.25, 0.3) is 5.57 Å². The molecule has 156 valence electrons. The molecular weight excluding hydrogens is 390 g/mol. The number of tetrazole rings is 1. The zero-order chi connectivity index (χ0) is 21.7. The van der Waals surface area contributed by atoms with Crippen molar-refractivity contribution in [3.8, 4) is 0 Å². The summed E-state index contributed by atoms with van der Waals surface area (Å²) in [5, 5.41) is 11.7. The molecule has 2 aromatic carbocycles. The summed E-state index contributed by atoms with van der Waals surface area (Å²) >= 11 is 0. The number of anilines is 2. The number of rotatable bonds is 3. The molecule has 1 aliphatic rings. The number of nitrogen functional groups attached to an aromatic ring is 1. The van der Waals surface area contributed by atoms with Crippen LogP contribution in [-0.4, -0.2) is 39.6 Å². The topological polar surface area (TPSA) is 89.9 Å². The molecule has 7 nitrogen and oxygen atoms in total. The molecule has 0 radical (unpaired) electrons. The van der Waals surface area contributed by atoms with Crippen LogP contribution in [0.5, 0.6) is 0 Å². The fourth-order valence-electron chi connectivity index (χ4n) is 3.17. The lowest BCUT2D eigenvalue weighted by molar-refractivity contribution is 0.111. The Morgan fingerprint density at radius 2 is 1.77 bits per heavy atom. The average molecular weight is 412 g/mol. The van der Waals surface area contributed by atoms with Gasteiger partial charge in [0.15, 0.2) is 6.29 Å². The maximum atomic E-state index is 12.4. The highest BCUT2D eigenvalue weighted by Gasteiger charge is 2.21. The summed E-state index contributed by atoms with van der Waals surface area (Å²) in [7, 11) is 1.86. The molecule has 1 aromatic heterocycles. The Kier molecular flexibility index (Phi) is 6.51. The van der Waals surface area contributed by atoms with Crippen LogP contribution in [0.3, 0.4) is 0 Å². The normalized spacial score (nSPS) is 13.7. The zero-order valence-electron chi connectivity index (χ0n) is 16.7. The van der Waals surface area contributed by atoms with E-state index in [9.17, 15) is 13.6 Å². The van der Waals surface area contributed by atoms with Gasteiger partial charge in [-0.15, -0.1) is 0 Å². The third-order valence-corrected chi connectivity index (χ3v) is 4.88. The quantitative estimate of drug-likeness (QED) is 0.525. The number of aryl methyl sites for hydroxylation is 1. The molecule has 9 heteroatoms. The summed E-state index contributed by atoms with van der Waals surface area (Å²) in [6, 6.07) is 11.3. The second kappa shape index (κ2) is 9.25. The summed E-state index contributed by atoms with van der Waals surface area (Å²) in [5.41, 5.74) is 10.0. The number of nitrogens with zero attached hydrogens (tertiary/aromatic N) is 5. The molecule has 3 aromatic rings. The Hall–Kier alpha value is -3.62. The number of nitrogens with two attached hydrogens (primary N) is 1. The highest BCUT2D eigenvalue weighted by atomic mass is 19.1. The third-order valence-electron chi connectivity index (χ3n) is 4.88. The summed E-state index contributed by atoms with van der Waals surface area (Å²) in [6.45, 7) is 3.96. The standard InChI is InChI=1S/C14H18N6.C7H4F2O/c1-10-7-8-20(14-16-17-18-19(14)2)9-13(10)11-3-5-12(15)6-4-11;8-6-2-1-3-7(9)5(6)4-10/h3-6H,7-9,15H2,1-2H3;1-4H. The fourth-order valence-corrected chi connectivity index (χ4v) is 3.17. The van der Waals surface area contributed by atoms with E-state index in [1.165, 1.54) is 22.8 Å². The molecule has 0 amide bonds. The van der Waals surface area contributed by atoms with Gasteiger partial charge in [0.1, 0.15) is 11.6 Å². The maximum Gasteiger partial charge on any atom is 0.245 e. The van der Waals surface area contributed by atoms with Crippen LogP contribution >= 0.6 is 0 Å². The van der Waals surface area contributed by atoms with Crippen molar-refractivity contribution < 1.29 is 13.6 Å². The predicted octanol–water partition coefficient (Wildman–Crippen LogP) is 3.25. The number of hydrogen-bond acceptors (Lipinski definition) is 6. The van der Waals surface area contributed by atoms with E-state index in [4.69, 9.17) is 5.73 Å². The lowest BCUT2D eigenvalue weighted by atomic mass is 9.95. The molecule has 0 fully saturated rings. The van der Waals surface area contributed by atoms with Gasteiger partial charge >= 0.3 is 0 Å². The summed E-state index contributed by atoms with van der Waals surface area (Å²) in [4.78, 5) is 12.2. The zero-order valence-corrected chi connectivity index (χ0v) is 16.7. The summed E-state index contributed by atoms with van der Waals surface area (Å²) < 4.78 is 26.5. The van der Waals surface area contributed by atoms with Crippen LogP contribution in [0.2, 0.25) is 0 Å². The number of carbonyl (C=O) groups is 1.